The number of fused-ring (bicyclic) bond motifs is 1. The van der Waals surface area contributed by atoms with Crippen LogP contribution in [-0.4, -0.2) is 26.8 Å². The van der Waals surface area contributed by atoms with Crippen molar-refractivity contribution < 1.29 is 14.3 Å². The predicted molar refractivity (Wildman–Crippen MR) is 173 cm³/mol. The van der Waals surface area contributed by atoms with Gasteiger partial charge in [0.2, 0.25) is 11.1 Å². The average Bonchev–Trinajstić information content (AvgIpc) is 3.42. The number of hydrogen-bond acceptors (Lipinski definition) is 7. The number of allylic oxidation sites excluding steroid dienone is 1. The standard InChI is InChI=1S/C34H35BrN4O3S/c1-22-11-9-10-14-25(22)20-41-29-18-17-26(35)19-28(29)31-30(32(40)42-27-15-7-4-8-16-27)23(2)36-33-37-34(38-39(31)33)43-21-24-12-5-3-6-13-24/h3,5-6,9-14,17-19,27,31H,4,7-8,15-16,20-21H2,1-2H3,(H,36,37,38). The number of aryl methyl sites for hydroxylation is 1. The predicted octanol–water partition coefficient (Wildman–Crippen LogP) is 8.39. The van der Waals surface area contributed by atoms with E-state index in [4.69, 9.17) is 19.6 Å². The molecule has 0 amide bonds. The van der Waals surface area contributed by atoms with Gasteiger partial charge in [-0.3, -0.25) is 0 Å². The van der Waals surface area contributed by atoms with E-state index in [0.717, 1.165) is 52.6 Å². The van der Waals surface area contributed by atoms with E-state index in [9.17, 15) is 4.79 Å². The Morgan fingerprint density at radius 1 is 1.02 bits per heavy atom. The maximum Gasteiger partial charge on any atom is 0.338 e. The maximum absolute atomic E-state index is 14.0. The summed E-state index contributed by atoms with van der Waals surface area (Å²) >= 11 is 5.23. The van der Waals surface area contributed by atoms with E-state index in [1.807, 2.05) is 55.5 Å². The van der Waals surface area contributed by atoms with Gasteiger partial charge in [0.25, 0.3) is 0 Å². The fraction of sp³-hybridized carbons (Fsp3) is 0.324. The highest BCUT2D eigenvalue weighted by atomic mass is 79.9. The molecule has 1 aliphatic carbocycles. The van der Waals surface area contributed by atoms with E-state index < -0.39 is 6.04 Å². The molecule has 2 aliphatic rings. The third kappa shape index (κ3) is 6.83. The van der Waals surface area contributed by atoms with Gasteiger partial charge in [-0.25, -0.2) is 9.48 Å². The van der Waals surface area contributed by atoms with Crippen LogP contribution in [0.1, 0.15) is 67.3 Å². The number of benzene rings is 3. The summed E-state index contributed by atoms with van der Waals surface area (Å²) < 4.78 is 15.3. The largest absolute Gasteiger partial charge is 0.489 e. The number of carbonyl (C=O) groups excluding carboxylic acids is 1. The molecule has 0 bridgehead atoms. The van der Waals surface area contributed by atoms with Crippen molar-refractivity contribution in [2.45, 2.75) is 75.6 Å². The Kier molecular flexibility index (Phi) is 9.19. The third-order valence-electron chi connectivity index (χ3n) is 8.00. The van der Waals surface area contributed by atoms with Crippen molar-refractivity contribution >= 4 is 39.6 Å². The molecule has 2 heterocycles. The first-order chi connectivity index (χ1) is 21.0. The molecule has 6 rings (SSSR count). The van der Waals surface area contributed by atoms with Crippen LogP contribution in [-0.2, 0) is 21.9 Å². The van der Waals surface area contributed by atoms with Gasteiger partial charge in [-0.15, -0.1) is 5.10 Å². The number of esters is 1. The monoisotopic (exact) mass is 658 g/mol. The van der Waals surface area contributed by atoms with Crippen LogP contribution in [0.15, 0.2) is 93.7 Å². The molecule has 1 fully saturated rings. The molecule has 9 heteroatoms. The summed E-state index contributed by atoms with van der Waals surface area (Å²) in [5.41, 5.74) is 5.48. The Morgan fingerprint density at radius 3 is 2.58 bits per heavy atom. The smallest absolute Gasteiger partial charge is 0.338 e. The Hall–Kier alpha value is -3.56. The minimum atomic E-state index is -0.588. The Bertz CT molecular complexity index is 1630. The van der Waals surface area contributed by atoms with Gasteiger partial charge in [0.1, 0.15) is 24.5 Å². The molecule has 0 spiro atoms. The van der Waals surface area contributed by atoms with Crippen LogP contribution in [0.5, 0.6) is 5.75 Å². The van der Waals surface area contributed by atoms with Gasteiger partial charge in [-0.05, 0) is 74.4 Å². The number of ether oxygens (including phenoxy) is 2. The molecule has 7 nitrogen and oxygen atoms in total. The van der Waals surface area contributed by atoms with E-state index in [1.54, 1.807) is 16.4 Å². The molecule has 1 unspecified atom stereocenters. The van der Waals surface area contributed by atoms with Crippen molar-refractivity contribution in [3.8, 4) is 5.75 Å². The van der Waals surface area contributed by atoms with Gasteiger partial charge in [-0.2, -0.15) is 4.98 Å². The van der Waals surface area contributed by atoms with Crippen molar-refractivity contribution in [2.75, 3.05) is 5.32 Å². The zero-order valence-electron chi connectivity index (χ0n) is 24.4. The summed E-state index contributed by atoms with van der Waals surface area (Å²) in [7, 11) is 0. The fourth-order valence-corrected chi connectivity index (χ4v) is 6.82. The lowest BCUT2D eigenvalue weighted by molar-refractivity contribution is -0.146. The molecule has 1 atom stereocenters. The third-order valence-corrected chi connectivity index (χ3v) is 9.40. The highest BCUT2D eigenvalue weighted by molar-refractivity contribution is 9.10. The quantitative estimate of drug-likeness (QED) is 0.143. The van der Waals surface area contributed by atoms with Gasteiger partial charge in [-0.1, -0.05) is 88.7 Å². The van der Waals surface area contributed by atoms with Crippen LogP contribution < -0.4 is 10.1 Å². The molecule has 0 radical (unpaired) electrons. The molecule has 3 aromatic carbocycles. The lowest BCUT2D eigenvalue weighted by Gasteiger charge is -2.31. The van der Waals surface area contributed by atoms with E-state index >= 15 is 0 Å². The number of carbonyl (C=O) groups is 1. The van der Waals surface area contributed by atoms with Crippen LogP contribution >= 0.6 is 27.7 Å². The highest BCUT2D eigenvalue weighted by Crippen LogP contribution is 2.42. The summed E-state index contributed by atoms with van der Waals surface area (Å²) in [5.74, 6) is 1.66. The molecule has 1 aliphatic heterocycles. The number of aromatic nitrogens is 3. The molecule has 0 saturated heterocycles. The number of nitrogens with zero attached hydrogens (tertiary/aromatic N) is 3. The van der Waals surface area contributed by atoms with Crippen LogP contribution in [0, 0.1) is 6.92 Å². The van der Waals surface area contributed by atoms with Crippen LogP contribution in [0.2, 0.25) is 0 Å². The van der Waals surface area contributed by atoms with Gasteiger partial charge in [0.15, 0.2) is 0 Å². The number of halogens is 1. The van der Waals surface area contributed by atoms with E-state index in [0.29, 0.717) is 34.7 Å². The van der Waals surface area contributed by atoms with Gasteiger partial charge in [0.05, 0.1) is 5.57 Å². The Balaban J connectivity index is 1.37. The van der Waals surface area contributed by atoms with Crippen LogP contribution in [0.3, 0.4) is 0 Å². The van der Waals surface area contributed by atoms with Crippen molar-refractivity contribution in [1.82, 2.24) is 14.8 Å². The van der Waals surface area contributed by atoms with E-state index in [1.165, 1.54) is 12.0 Å². The van der Waals surface area contributed by atoms with Crippen molar-refractivity contribution in [3.05, 3.63) is 111 Å². The van der Waals surface area contributed by atoms with Crippen molar-refractivity contribution in [2.24, 2.45) is 0 Å². The number of hydrogen-bond donors (Lipinski definition) is 1. The topological polar surface area (TPSA) is 78.3 Å². The van der Waals surface area contributed by atoms with Gasteiger partial charge < -0.3 is 14.8 Å². The van der Waals surface area contributed by atoms with Crippen molar-refractivity contribution in [1.29, 1.82) is 0 Å². The Morgan fingerprint density at radius 2 is 1.79 bits per heavy atom. The number of anilines is 1. The first kappa shape index (κ1) is 29.5. The van der Waals surface area contributed by atoms with E-state index in [-0.39, 0.29) is 12.1 Å². The molecule has 4 aromatic rings. The number of thioether (sulfide) groups is 1. The van der Waals surface area contributed by atoms with E-state index in [2.05, 4.69) is 52.4 Å². The molecule has 1 aromatic heterocycles. The zero-order chi connectivity index (χ0) is 29.8. The number of nitrogens with one attached hydrogen (secondary N) is 1. The minimum absolute atomic E-state index is 0.0735. The first-order valence-electron chi connectivity index (χ1n) is 14.7. The zero-order valence-corrected chi connectivity index (χ0v) is 26.8. The fourth-order valence-electron chi connectivity index (χ4n) is 5.66. The summed E-state index contributed by atoms with van der Waals surface area (Å²) in [6.07, 6.45) is 5.06. The minimum Gasteiger partial charge on any atom is -0.489 e. The normalized spacial score (nSPS) is 16.9. The van der Waals surface area contributed by atoms with Crippen LogP contribution in [0.25, 0.3) is 0 Å². The second kappa shape index (κ2) is 13.4. The molecular formula is C34H35BrN4O3S. The highest BCUT2D eigenvalue weighted by Gasteiger charge is 2.38. The van der Waals surface area contributed by atoms with Gasteiger partial charge >= 0.3 is 5.97 Å². The first-order valence-corrected chi connectivity index (χ1v) is 16.5. The van der Waals surface area contributed by atoms with Gasteiger partial charge in [0, 0.05) is 21.5 Å². The molecular weight excluding hydrogens is 624 g/mol. The molecule has 1 saturated carbocycles. The second-order valence-corrected chi connectivity index (χ2v) is 12.9. The summed E-state index contributed by atoms with van der Waals surface area (Å²) in [6, 6.07) is 23.8. The molecule has 1 N–H and O–H groups in total. The summed E-state index contributed by atoms with van der Waals surface area (Å²) in [5, 5.41) is 8.91. The van der Waals surface area contributed by atoms with Crippen molar-refractivity contribution in [3.63, 3.8) is 0 Å². The number of rotatable bonds is 9. The lowest BCUT2D eigenvalue weighted by atomic mass is 9.94. The molecule has 222 valence electrons. The second-order valence-electron chi connectivity index (χ2n) is 11.1. The summed E-state index contributed by atoms with van der Waals surface area (Å²) in [6.45, 7) is 4.39. The van der Waals surface area contributed by atoms with Crippen LogP contribution in [0.4, 0.5) is 5.95 Å². The maximum atomic E-state index is 14.0. The average molecular weight is 660 g/mol. The molecule has 43 heavy (non-hydrogen) atoms. The lowest BCUT2D eigenvalue weighted by Crippen LogP contribution is -2.32. The SMILES string of the molecule is CC1=C(C(=O)OC2CCCCC2)C(c2cc(Br)ccc2OCc2ccccc2C)n2nc(SCc3ccccc3)nc2N1. The summed E-state index contributed by atoms with van der Waals surface area (Å²) in [4.78, 5) is 18.8. The Labute approximate surface area is 265 Å².